The molecule has 2 aromatic heterocycles. The number of thiazole rings is 2. The molecule has 3 fully saturated rings. The first-order valence-corrected chi connectivity index (χ1v) is 9.50. The normalized spacial score (nSPS) is 25.1. The highest BCUT2D eigenvalue weighted by atomic mass is 35.5. The van der Waals surface area contributed by atoms with Crippen LogP contribution in [0.5, 0.6) is 0 Å². The van der Waals surface area contributed by atoms with Gasteiger partial charge >= 0.3 is 6.09 Å². The first-order valence-electron chi connectivity index (χ1n) is 7.74. The first kappa shape index (κ1) is 17.6. The van der Waals surface area contributed by atoms with Gasteiger partial charge in [-0.15, -0.1) is 35.1 Å². The molecular weight excluding hydrogens is 368 g/mol. The molecule has 3 aliphatic rings. The Bertz CT molecular complexity index is 670. The number of aromatic nitrogens is 2. The number of fused-ring (bicyclic) bond motifs is 3. The van der Waals surface area contributed by atoms with Crippen LogP contribution in [0.2, 0.25) is 0 Å². The van der Waals surface area contributed by atoms with Crippen LogP contribution in [0.3, 0.4) is 0 Å². The van der Waals surface area contributed by atoms with Crippen LogP contribution in [0, 0.1) is 5.41 Å². The SMILES string of the molecule is Cl.O=C(Nc1ncsc1-c1nccs1)OCC12CCN(CC1)CC2. The Morgan fingerprint density at radius 1 is 1.25 bits per heavy atom. The van der Waals surface area contributed by atoms with Gasteiger partial charge in [0.1, 0.15) is 9.88 Å². The second-order valence-corrected chi connectivity index (χ2v) is 7.91. The number of rotatable bonds is 4. The molecular formula is C15H19ClN4O2S2. The van der Waals surface area contributed by atoms with Crippen molar-refractivity contribution in [1.29, 1.82) is 0 Å². The summed E-state index contributed by atoms with van der Waals surface area (Å²) >= 11 is 3.00. The molecule has 6 nitrogen and oxygen atoms in total. The molecule has 5 heterocycles. The maximum Gasteiger partial charge on any atom is 0.412 e. The predicted molar refractivity (Wildman–Crippen MR) is 98.2 cm³/mol. The molecule has 5 rings (SSSR count). The number of nitrogens with zero attached hydrogens (tertiary/aromatic N) is 3. The summed E-state index contributed by atoms with van der Waals surface area (Å²) in [5, 5.41) is 5.54. The topological polar surface area (TPSA) is 67.3 Å². The number of amides is 1. The van der Waals surface area contributed by atoms with Crippen molar-refractivity contribution < 1.29 is 9.53 Å². The van der Waals surface area contributed by atoms with Crippen LogP contribution >= 0.6 is 35.1 Å². The molecule has 9 heteroatoms. The van der Waals surface area contributed by atoms with Gasteiger partial charge in [0.2, 0.25) is 0 Å². The van der Waals surface area contributed by atoms with Crippen LogP contribution < -0.4 is 5.32 Å². The van der Waals surface area contributed by atoms with Crippen molar-refractivity contribution in [2.75, 3.05) is 31.6 Å². The van der Waals surface area contributed by atoms with Gasteiger partial charge in [-0.25, -0.2) is 14.8 Å². The zero-order chi connectivity index (χ0) is 15.7. The fourth-order valence-corrected chi connectivity index (χ4v) is 4.78. The molecule has 0 atom stereocenters. The van der Waals surface area contributed by atoms with Crippen LogP contribution in [-0.2, 0) is 4.74 Å². The van der Waals surface area contributed by atoms with E-state index in [1.165, 1.54) is 22.7 Å². The highest BCUT2D eigenvalue weighted by Gasteiger charge is 2.40. The summed E-state index contributed by atoms with van der Waals surface area (Å²) in [7, 11) is 0. The lowest BCUT2D eigenvalue weighted by atomic mass is 9.73. The van der Waals surface area contributed by atoms with Crippen LogP contribution in [-0.4, -0.2) is 47.2 Å². The molecule has 3 aliphatic heterocycles. The smallest absolute Gasteiger partial charge is 0.412 e. The number of hydrogen-bond acceptors (Lipinski definition) is 7. The van der Waals surface area contributed by atoms with Crippen LogP contribution in [0.1, 0.15) is 19.3 Å². The third-order valence-electron chi connectivity index (χ3n) is 4.80. The van der Waals surface area contributed by atoms with Gasteiger partial charge in [-0.2, -0.15) is 0 Å². The Balaban J connectivity index is 0.00000169. The summed E-state index contributed by atoms with van der Waals surface area (Å²) < 4.78 is 5.53. The van der Waals surface area contributed by atoms with E-state index >= 15 is 0 Å². The molecule has 0 aliphatic carbocycles. The zero-order valence-corrected chi connectivity index (χ0v) is 15.5. The number of nitrogens with one attached hydrogen (secondary N) is 1. The van der Waals surface area contributed by atoms with Crippen LogP contribution in [0.15, 0.2) is 17.1 Å². The van der Waals surface area contributed by atoms with E-state index in [9.17, 15) is 4.79 Å². The standard InChI is InChI=1S/C15H18N4O2S2.ClH/c20-14(21-9-15-1-5-19(6-2-15)7-3-15)18-12-11(23-10-17-12)13-16-4-8-22-13;/h4,8,10H,1-3,5-7,9H2,(H,18,20);1H. The Morgan fingerprint density at radius 3 is 2.67 bits per heavy atom. The van der Waals surface area contributed by atoms with Crippen molar-refractivity contribution in [3.63, 3.8) is 0 Å². The van der Waals surface area contributed by atoms with Crippen molar-refractivity contribution in [2.24, 2.45) is 5.41 Å². The van der Waals surface area contributed by atoms with E-state index in [1.54, 1.807) is 11.7 Å². The average molecular weight is 387 g/mol. The first-order chi connectivity index (χ1) is 11.2. The summed E-state index contributed by atoms with van der Waals surface area (Å²) in [6, 6.07) is 0. The van der Waals surface area contributed by atoms with Gasteiger partial charge in [-0.1, -0.05) is 0 Å². The predicted octanol–water partition coefficient (Wildman–Crippen LogP) is 3.72. The number of anilines is 1. The monoisotopic (exact) mass is 386 g/mol. The number of ether oxygens (including phenoxy) is 1. The van der Waals surface area contributed by atoms with Gasteiger partial charge in [0, 0.05) is 17.0 Å². The van der Waals surface area contributed by atoms with Gasteiger partial charge in [0.05, 0.1) is 12.1 Å². The van der Waals surface area contributed by atoms with Crippen molar-refractivity contribution >= 4 is 47.0 Å². The highest BCUT2D eigenvalue weighted by Crippen LogP contribution is 2.40. The molecule has 2 aromatic rings. The van der Waals surface area contributed by atoms with Crippen LogP contribution in [0.25, 0.3) is 9.88 Å². The summed E-state index contributed by atoms with van der Waals surface area (Å²) in [5.41, 5.74) is 1.90. The summed E-state index contributed by atoms with van der Waals surface area (Å²) in [4.78, 5) is 24.0. The summed E-state index contributed by atoms with van der Waals surface area (Å²) in [5.74, 6) is 0.533. The molecule has 2 bridgehead atoms. The number of piperidine rings is 3. The van der Waals surface area contributed by atoms with Gasteiger partial charge in [0.15, 0.2) is 5.82 Å². The van der Waals surface area contributed by atoms with Crippen molar-refractivity contribution in [2.45, 2.75) is 19.3 Å². The molecule has 130 valence electrons. The second-order valence-electron chi connectivity index (χ2n) is 6.16. The number of hydrogen-bond donors (Lipinski definition) is 1. The second kappa shape index (κ2) is 7.35. The maximum absolute atomic E-state index is 12.1. The minimum atomic E-state index is -0.420. The van der Waals surface area contributed by atoms with E-state index in [2.05, 4.69) is 20.2 Å². The fraction of sp³-hybridized carbons (Fsp3) is 0.533. The lowest BCUT2D eigenvalue weighted by molar-refractivity contribution is -0.0190. The fourth-order valence-electron chi connectivity index (χ4n) is 3.29. The van der Waals surface area contributed by atoms with Gasteiger partial charge in [0.25, 0.3) is 0 Å². The van der Waals surface area contributed by atoms with Gasteiger partial charge in [-0.3, -0.25) is 5.32 Å². The van der Waals surface area contributed by atoms with Crippen molar-refractivity contribution in [3.8, 4) is 9.88 Å². The Morgan fingerprint density at radius 2 is 2.00 bits per heavy atom. The molecule has 1 amide bonds. The Kier molecular flexibility index (Phi) is 5.39. The largest absolute Gasteiger partial charge is 0.449 e. The van der Waals surface area contributed by atoms with E-state index in [1.807, 2.05) is 5.38 Å². The maximum atomic E-state index is 12.1. The van der Waals surface area contributed by atoms with Crippen molar-refractivity contribution in [3.05, 3.63) is 17.1 Å². The van der Waals surface area contributed by atoms with Crippen molar-refractivity contribution in [1.82, 2.24) is 14.9 Å². The van der Waals surface area contributed by atoms with Crippen LogP contribution in [0.4, 0.5) is 10.6 Å². The minimum Gasteiger partial charge on any atom is -0.449 e. The van der Waals surface area contributed by atoms with E-state index in [0.717, 1.165) is 48.8 Å². The third-order valence-corrected chi connectivity index (χ3v) is 6.55. The van der Waals surface area contributed by atoms with E-state index in [-0.39, 0.29) is 17.8 Å². The van der Waals surface area contributed by atoms with Gasteiger partial charge < -0.3 is 9.64 Å². The zero-order valence-electron chi connectivity index (χ0n) is 13.1. The lowest BCUT2D eigenvalue weighted by Gasteiger charge is -2.47. The Labute approximate surface area is 154 Å². The average Bonchev–Trinajstić information content (AvgIpc) is 3.26. The molecule has 3 saturated heterocycles. The van der Waals surface area contributed by atoms with E-state index in [4.69, 9.17) is 4.74 Å². The lowest BCUT2D eigenvalue weighted by Crippen LogP contribution is -2.50. The molecule has 0 spiro atoms. The molecule has 0 radical (unpaired) electrons. The number of halogens is 1. The molecule has 1 N–H and O–H groups in total. The number of carbonyl (C=O) groups excluding carboxylic acids is 1. The third kappa shape index (κ3) is 3.56. The summed E-state index contributed by atoms with van der Waals surface area (Å²) in [6.45, 7) is 3.89. The van der Waals surface area contributed by atoms with E-state index < -0.39 is 6.09 Å². The van der Waals surface area contributed by atoms with E-state index in [0.29, 0.717) is 12.4 Å². The highest BCUT2D eigenvalue weighted by molar-refractivity contribution is 7.20. The number of carbonyl (C=O) groups is 1. The summed E-state index contributed by atoms with van der Waals surface area (Å²) in [6.07, 6.45) is 4.71. The van der Waals surface area contributed by atoms with Gasteiger partial charge in [-0.05, 0) is 38.9 Å². The molecule has 24 heavy (non-hydrogen) atoms. The quantitative estimate of drug-likeness (QED) is 0.867. The Hall–Kier alpha value is -1.22. The molecule has 0 saturated carbocycles. The molecule has 0 aromatic carbocycles. The molecule has 0 unspecified atom stereocenters. The minimum absolute atomic E-state index is 0.